The molecule has 0 N–H and O–H groups in total. The molecule has 0 nitrogen and oxygen atoms in total. The van der Waals surface area contributed by atoms with Gasteiger partial charge in [0.25, 0.3) is 0 Å². The van der Waals surface area contributed by atoms with Gasteiger partial charge in [0.2, 0.25) is 0 Å². The van der Waals surface area contributed by atoms with Crippen molar-refractivity contribution in [3.8, 4) is 11.1 Å². The van der Waals surface area contributed by atoms with Gasteiger partial charge in [-0.3, -0.25) is 0 Å². The van der Waals surface area contributed by atoms with E-state index >= 15 is 0 Å². The molecular formula is C51H68Cl2Zr. The average Bonchev–Trinajstić information content (AvgIpc) is 3.78. The van der Waals surface area contributed by atoms with Gasteiger partial charge in [-0.2, -0.15) is 0 Å². The number of allylic oxidation sites excluding steroid dienone is 8. The first-order valence-corrected chi connectivity index (χ1v) is 27.4. The molecule has 4 aliphatic rings. The van der Waals surface area contributed by atoms with E-state index in [0.29, 0.717) is 5.92 Å². The van der Waals surface area contributed by atoms with Crippen molar-refractivity contribution in [2.75, 3.05) is 0 Å². The molecule has 3 aromatic carbocycles. The molecule has 0 spiro atoms. The molecule has 290 valence electrons. The van der Waals surface area contributed by atoms with E-state index in [-0.39, 0.29) is 51.9 Å². The molecule has 0 fully saturated rings. The normalized spacial score (nSPS) is 19.9. The summed E-state index contributed by atoms with van der Waals surface area (Å²) in [7, 11) is 0. The average molecular weight is 843 g/mol. The number of hydrogen-bond donors (Lipinski definition) is 0. The fraction of sp³-hybridized carbons (Fsp3) is 0.471. The molecule has 1 atom stereocenters. The van der Waals surface area contributed by atoms with Gasteiger partial charge < -0.3 is 0 Å². The van der Waals surface area contributed by atoms with E-state index in [1.165, 1.54) is 58.9 Å². The predicted molar refractivity (Wildman–Crippen MR) is 242 cm³/mol. The Hall–Kier alpha value is -2.05. The van der Waals surface area contributed by atoms with Crippen LogP contribution in [0.2, 0.25) is 4.13 Å². The first-order valence-electron chi connectivity index (χ1n) is 20.3. The minimum absolute atomic E-state index is 0. The van der Waals surface area contributed by atoms with Crippen LogP contribution in [0.1, 0.15) is 144 Å². The maximum atomic E-state index is 5.85. The van der Waals surface area contributed by atoms with Crippen LogP contribution in [0.25, 0.3) is 22.3 Å². The first kappa shape index (κ1) is 43.1. The van der Waals surface area contributed by atoms with E-state index in [2.05, 4.69) is 177 Å². The van der Waals surface area contributed by atoms with Crippen LogP contribution in [0, 0.1) is 22.2 Å². The Labute approximate surface area is 342 Å². The number of halogens is 2. The first-order chi connectivity index (χ1) is 23.9. The maximum absolute atomic E-state index is 5.85. The summed E-state index contributed by atoms with van der Waals surface area (Å²) < 4.78 is 11.9. The van der Waals surface area contributed by atoms with Gasteiger partial charge in [0, 0.05) is 0 Å². The third kappa shape index (κ3) is 6.03. The van der Waals surface area contributed by atoms with Gasteiger partial charge in [-0.1, -0.05) is 0 Å². The van der Waals surface area contributed by atoms with Crippen LogP contribution in [0.15, 0.2) is 85.0 Å². The number of benzene rings is 3. The molecule has 3 heteroatoms. The van der Waals surface area contributed by atoms with Gasteiger partial charge in [-0.15, -0.1) is 24.8 Å². The summed E-state index contributed by atoms with van der Waals surface area (Å²) in [6, 6.07) is 22.2. The van der Waals surface area contributed by atoms with Gasteiger partial charge in [0.1, 0.15) is 0 Å². The third-order valence-corrected chi connectivity index (χ3v) is 31.9. The molecule has 54 heavy (non-hydrogen) atoms. The van der Waals surface area contributed by atoms with Crippen molar-refractivity contribution in [3.05, 3.63) is 118 Å². The van der Waals surface area contributed by atoms with Crippen LogP contribution in [0.3, 0.4) is 0 Å². The van der Waals surface area contributed by atoms with Crippen LogP contribution in [-0.2, 0) is 35.5 Å². The van der Waals surface area contributed by atoms with Crippen molar-refractivity contribution in [2.45, 2.75) is 132 Å². The molecule has 0 bridgehead atoms. The Bertz CT molecular complexity index is 2230. The van der Waals surface area contributed by atoms with Crippen LogP contribution >= 0.6 is 24.8 Å². The molecular weight excluding hydrogens is 775 g/mol. The summed E-state index contributed by atoms with van der Waals surface area (Å²) in [6.07, 6.45) is 9.97. The van der Waals surface area contributed by atoms with E-state index in [0.717, 1.165) is 17.0 Å². The van der Waals surface area contributed by atoms with Gasteiger partial charge in [0.15, 0.2) is 0 Å². The number of hydrogen-bond acceptors (Lipinski definition) is 0. The Balaban J connectivity index is 0.00000280. The zero-order valence-electron chi connectivity index (χ0n) is 36.2. The fourth-order valence-electron chi connectivity index (χ4n) is 11.3. The Morgan fingerprint density at radius 3 is 1.76 bits per heavy atom. The molecule has 0 saturated carbocycles. The Morgan fingerprint density at radius 2 is 1.26 bits per heavy atom. The van der Waals surface area contributed by atoms with E-state index in [1.807, 2.05) is 0 Å². The molecule has 0 aromatic heterocycles. The van der Waals surface area contributed by atoms with Crippen molar-refractivity contribution in [1.82, 2.24) is 0 Å². The Morgan fingerprint density at radius 1 is 0.704 bits per heavy atom. The summed E-state index contributed by atoms with van der Waals surface area (Å²) >= 11 is -4.62. The van der Waals surface area contributed by atoms with Crippen molar-refractivity contribution in [2.24, 2.45) is 22.2 Å². The summed E-state index contributed by atoms with van der Waals surface area (Å²) in [4.78, 5) is 0. The van der Waals surface area contributed by atoms with Crippen molar-refractivity contribution in [1.29, 1.82) is 0 Å². The number of fused-ring (bicyclic) bond motifs is 5. The van der Waals surface area contributed by atoms with Crippen LogP contribution < -0.4 is 3.27 Å². The van der Waals surface area contributed by atoms with E-state index < -0.39 is 18.3 Å². The SMILES string of the molecule is Cl.Cl.[CH2]=[Zr]([CH2]C)([C]1=CC(C(C)(C)C)=CC1CC)([C]1=C(C(C)(C)C)c2cc3c(cc2C1(C)C)Cc1cc2c(cc1-3)C(C(C)(C)C)=CC2(C)C)[c]1ccccc1. The molecule has 7 rings (SSSR count). The topological polar surface area (TPSA) is 0 Å². The van der Waals surface area contributed by atoms with E-state index in [9.17, 15) is 0 Å². The second-order valence-electron chi connectivity index (χ2n) is 21.3. The molecule has 0 aliphatic heterocycles. The van der Waals surface area contributed by atoms with Crippen molar-refractivity contribution in [3.63, 3.8) is 0 Å². The molecule has 1 unspecified atom stereocenters. The van der Waals surface area contributed by atoms with Crippen LogP contribution in [-0.4, -0.2) is 4.21 Å². The molecule has 0 heterocycles. The molecule has 0 amide bonds. The molecule has 3 aromatic rings. The van der Waals surface area contributed by atoms with Crippen molar-refractivity contribution >= 4 is 43.4 Å². The van der Waals surface area contributed by atoms with Gasteiger partial charge in [-0.05, 0) is 0 Å². The monoisotopic (exact) mass is 840 g/mol. The number of rotatable bonds is 5. The minimum atomic E-state index is -4.62. The van der Waals surface area contributed by atoms with Crippen molar-refractivity contribution < 1.29 is 18.3 Å². The second-order valence-corrected chi connectivity index (χ2v) is 35.4. The van der Waals surface area contributed by atoms with E-state index in [4.69, 9.17) is 4.21 Å². The van der Waals surface area contributed by atoms with Crippen LogP contribution in [0.4, 0.5) is 0 Å². The summed E-state index contributed by atoms with van der Waals surface area (Å²) in [6.45, 7) is 36.5. The molecule has 0 radical (unpaired) electrons. The quantitative estimate of drug-likeness (QED) is 0.188. The molecule has 4 aliphatic carbocycles. The van der Waals surface area contributed by atoms with E-state index in [1.54, 1.807) is 12.1 Å². The fourth-order valence-corrected chi connectivity index (χ4v) is 29.7. The zero-order chi connectivity index (χ0) is 38.2. The Kier molecular flexibility index (Phi) is 10.6. The van der Waals surface area contributed by atoms with Gasteiger partial charge in [0.05, 0.1) is 0 Å². The van der Waals surface area contributed by atoms with Crippen LogP contribution in [0.5, 0.6) is 0 Å². The second kappa shape index (κ2) is 13.3. The van der Waals surface area contributed by atoms with Gasteiger partial charge >= 0.3 is 320 Å². The third-order valence-electron chi connectivity index (χ3n) is 14.0. The predicted octanol–water partition coefficient (Wildman–Crippen LogP) is 14.7. The summed E-state index contributed by atoms with van der Waals surface area (Å²) in [5.74, 6) is 0.416. The summed E-state index contributed by atoms with van der Waals surface area (Å²) in [5, 5.41) is 0. The standard InChI is InChI=1S/C31H37.C11H17.C6H5.C2H5.CH2.2ClH.Zr/c1-28(2,3)26-16-30(7,8)24-12-18-11-19-13-25-23(15-21(19)20(18)14-22(24)26)27(29(4,5)6)17-31(25,9)10;1-5-9-6-7-10(8-9)11(2,3)4;1-2-4-6-5-3-1;1-2;;;;/h12-16H,11H2,1-10H3;7-9H,5H2,1-4H3;1-5H;1H2,2H3;1H2;2*1H;. The molecule has 0 saturated heterocycles. The zero-order valence-corrected chi connectivity index (χ0v) is 40.2. The van der Waals surface area contributed by atoms with Gasteiger partial charge in [-0.25, -0.2) is 0 Å². The summed E-state index contributed by atoms with van der Waals surface area (Å²) in [5.41, 5.74) is 16.4.